The van der Waals surface area contributed by atoms with E-state index < -0.39 is 73.5 Å². The van der Waals surface area contributed by atoms with Crippen LogP contribution in [0, 0.1) is 0 Å². The minimum absolute atomic E-state index is 0. The third-order valence-corrected chi connectivity index (χ3v) is 8.26. The van der Waals surface area contributed by atoms with E-state index in [1.165, 1.54) is 39.0 Å². The highest BCUT2D eigenvalue weighted by molar-refractivity contribution is 5.67. The largest absolute Gasteiger partial charge is 0.481 e. The van der Waals surface area contributed by atoms with Crippen molar-refractivity contribution in [3.8, 4) is 0 Å². The van der Waals surface area contributed by atoms with E-state index in [0.29, 0.717) is 6.42 Å². The molecule has 2 rings (SSSR count). The summed E-state index contributed by atoms with van der Waals surface area (Å²) in [6.45, 7) is 4.86. The molecule has 10 unspecified atom stereocenters. The predicted molar refractivity (Wildman–Crippen MR) is 173 cm³/mol. The first-order valence-electron chi connectivity index (χ1n) is 15.8. The molecule has 2 heterocycles. The predicted octanol–water partition coefficient (Wildman–Crippen LogP) is 3.89. The van der Waals surface area contributed by atoms with E-state index in [1.54, 1.807) is 6.92 Å². The zero-order valence-electron chi connectivity index (χ0n) is 25.5. The third-order valence-electron chi connectivity index (χ3n) is 8.26. The fourth-order valence-corrected chi connectivity index (χ4v) is 5.54. The molecule has 2 saturated heterocycles. The van der Waals surface area contributed by atoms with Gasteiger partial charge in [-0.3, -0.25) is 4.79 Å². The van der Waals surface area contributed by atoms with Crippen LogP contribution in [-0.2, 0) is 23.7 Å². The number of aliphatic carboxylic acids is 1. The van der Waals surface area contributed by atoms with Gasteiger partial charge in [-0.05, 0) is 33.6 Å². The maximum Gasteiger partial charge on any atom is 0.305 e. The van der Waals surface area contributed by atoms with E-state index in [0.717, 1.165) is 44.9 Å². The van der Waals surface area contributed by atoms with E-state index >= 15 is 0 Å². The van der Waals surface area contributed by atoms with Crippen molar-refractivity contribution in [2.24, 2.45) is 0 Å². The molecule has 2 fully saturated rings. The molecule has 0 amide bonds. The number of ether oxygens (including phenoxy) is 4. The lowest BCUT2D eigenvalue weighted by molar-refractivity contribution is -0.366. The molecule has 0 bridgehead atoms. The second kappa shape index (κ2) is 24.2. The first-order chi connectivity index (χ1) is 19.9. The zero-order valence-corrected chi connectivity index (χ0v) is 25.5. The Morgan fingerprint density at radius 2 is 1.07 bits per heavy atom. The van der Waals surface area contributed by atoms with Gasteiger partial charge in [0.05, 0.1) is 30.8 Å². The number of aliphatic hydroxyl groups is 6. The lowest BCUT2D eigenvalue weighted by atomic mass is 9.97. The van der Waals surface area contributed by atoms with Crippen molar-refractivity contribution in [3.63, 3.8) is 0 Å². The van der Waals surface area contributed by atoms with Crippen LogP contribution in [-0.4, -0.2) is 115 Å². The number of hydrogen-bond acceptors (Lipinski definition) is 11. The molecular weight excluding hydrogens is 588 g/mol. The van der Waals surface area contributed by atoms with Gasteiger partial charge in [0.1, 0.15) is 36.6 Å². The number of carbonyl (C=O) groups is 1. The molecule has 0 aliphatic carbocycles. The van der Waals surface area contributed by atoms with Gasteiger partial charge in [0.15, 0.2) is 12.6 Å². The van der Waals surface area contributed by atoms with Crippen LogP contribution in [0.2, 0.25) is 0 Å². The summed E-state index contributed by atoms with van der Waals surface area (Å²) in [5.74, 6) is -1.05. The van der Waals surface area contributed by atoms with Gasteiger partial charge >= 0.3 is 5.97 Å². The second-order valence-electron chi connectivity index (χ2n) is 12.1. The van der Waals surface area contributed by atoms with Crippen LogP contribution in [0.1, 0.15) is 133 Å². The highest BCUT2D eigenvalue weighted by atomic mass is 16.8. The van der Waals surface area contributed by atoms with E-state index in [2.05, 4.69) is 0 Å². The molecule has 12 atom stereocenters. The van der Waals surface area contributed by atoms with Crippen LogP contribution >= 0.6 is 0 Å². The zero-order chi connectivity index (χ0) is 31.2. The van der Waals surface area contributed by atoms with Crippen molar-refractivity contribution in [2.75, 3.05) is 0 Å². The van der Waals surface area contributed by atoms with Crippen LogP contribution < -0.4 is 0 Å². The summed E-state index contributed by atoms with van der Waals surface area (Å²) in [6, 6.07) is 0. The quantitative estimate of drug-likeness (QED) is 0.0936. The SMILES string of the molecule is C.C.C.CC1OC(OC2C(O[C@H](CCCCCCCCCCCCC[C@@H](C)O)CC(=O)O)OC(C)C(O)C2O)C(O)C(O)C1O. The summed E-state index contributed by atoms with van der Waals surface area (Å²) in [6.07, 6.45) is -1.09. The summed E-state index contributed by atoms with van der Waals surface area (Å²) in [5, 5.41) is 70.4. The molecule has 0 radical (unpaired) electrons. The summed E-state index contributed by atoms with van der Waals surface area (Å²) in [4.78, 5) is 11.6. The molecule has 0 aromatic carbocycles. The number of carboxylic acid groups (broad SMARTS) is 1. The number of unbranched alkanes of at least 4 members (excludes halogenated alkanes) is 10. The second-order valence-corrected chi connectivity index (χ2v) is 12.1. The van der Waals surface area contributed by atoms with Gasteiger partial charge in [-0.2, -0.15) is 0 Å². The van der Waals surface area contributed by atoms with Crippen LogP contribution in [0.15, 0.2) is 0 Å². The summed E-state index contributed by atoms with van der Waals surface area (Å²) >= 11 is 0. The molecule has 12 heteroatoms. The molecule has 2 aliphatic heterocycles. The number of hydrogen-bond donors (Lipinski definition) is 7. The molecular formula is C33H68O12. The first kappa shape index (κ1) is 46.2. The Bertz CT molecular complexity index is 740. The molecule has 0 spiro atoms. The summed E-state index contributed by atoms with van der Waals surface area (Å²) in [5.41, 5.74) is 0. The van der Waals surface area contributed by atoms with Crippen molar-refractivity contribution in [1.82, 2.24) is 0 Å². The highest BCUT2D eigenvalue weighted by Gasteiger charge is 2.50. The summed E-state index contributed by atoms with van der Waals surface area (Å²) in [7, 11) is 0. The van der Waals surface area contributed by atoms with Crippen molar-refractivity contribution in [2.45, 2.75) is 207 Å². The van der Waals surface area contributed by atoms with Crippen molar-refractivity contribution in [1.29, 1.82) is 0 Å². The third kappa shape index (κ3) is 16.1. The molecule has 0 saturated carbocycles. The maximum absolute atomic E-state index is 11.6. The van der Waals surface area contributed by atoms with E-state index in [4.69, 9.17) is 18.9 Å². The van der Waals surface area contributed by atoms with Gasteiger partial charge in [-0.15, -0.1) is 0 Å². The van der Waals surface area contributed by atoms with Crippen LogP contribution in [0.25, 0.3) is 0 Å². The average Bonchev–Trinajstić information content (AvgIpc) is 2.93. The minimum atomic E-state index is -1.64. The lowest BCUT2D eigenvalue weighted by Crippen LogP contribution is -2.63. The molecule has 0 aromatic heterocycles. The standard InChI is InChI=1S/C30H56O12.3CH4/c1-18(31)15-13-11-9-7-5-4-6-8-10-12-14-16-21(17-22(32)33)41-30-28(26(37)24(35)20(3)40-30)42-29-27(38)25(36)23(34)19(2)39-29;;;/h18-21,23-31,34-38H,4-17H2,1-3H3,(H,32,33);3*1H4/t18-,19?,20?,21-,23?,24?,25?,26?,27?,28?,29?,30?;;;/m1.../s1. The minimum Gasteiger partial charge on any atom is -0.481 e. The maximum atomic E-state index is 11.6. The highest BCUT2D eigenvalue weighted by Crippen LogP contribution is 2.31. The average molecular weight is 657 g/mol. The van der Waals surface area contributed by atoms with Crippen LogP contribution in [0.4, 0.5) is 0 Å². The normalized spacial score (nSPS) is 32.8. The number of rotatable bonds is 20. The molecule has 2 aliphatic rings. The molecule has 0 aromatic rings. The van der Waals surface area contributed by atoms with Crippen molar-refractivity contribution < 1.29 is 59.5 Å². The van der Waals surface area contributed by atoms with Gasteiger partial charge in [0, 0.05) is 0 Å². The Balaban J connectivity index is 0. The Hall–Kier alpha value is -0.930. The van der Waals surface area contributed by atoms with Gasteiger partial charge in [0.25, 0.3) is 0 Å². The van der Waals surface area contributed by atoms with Gasteiger partial charge in [0.2, 0.25) is 0 Å². The smallest absolute Gasteiger partial charge is 0.305 e. The topological polar surface area (TPSA) is 196 Å². The van der Waals surface area contributed by atoms with Crippen LogP contribution in [0.3, 0.4) is 0 Å². The monoisotopic (exact) mass is 656 g/mol. The molecule has 7 N–H and O–H groups in total. The van der Waals surface area contributed by atoms with Gasteiger partial charge in [-0.1, -0.05) is 92.9 Å². The summed E-state index contributed by atoms with van der Waals surface area (Å²) < 4.78 is 23.0. The number of carboxylic acids is 1. The van der Waals surface area contributed by atoms with Crippen molar-refractivity contribution >= 4 is 5.97 Å². The Kier molecular flexibility index (Phi) is 24.9. The van der Waals surface area contributed by atoms with Crippen molar-refractivity contribution in [3.05, 3.63) is 0 Å². The van der Waals surface area contributed by atoms with E-state index in [1.807, 2.05) is 6.92 Å². The first-order valence-corrected chi connectivity index (χ1v) is 15.8. The fourth-order valence-electron chi connectivity index (χ4n) is 5.54. The molecule has 12 nitrogen and oxygen atoms in total. The fraction of sp³-hybridized carbons (Fsp3) is 0.970. The Morgan fingerprint density at radius 3 is 1.53 bits per heavy atom. The van der Waals surface area contributed by atoms with Gasteiger partial charge < -0.3 is 54.7 Å². The molecule has 45 heavy (non-hydrogen) atoms. The Labute approximate surface area is 272 Å². The van der Waals surface area contributed by atoms with E-state index in [-0.39, 0.29) is 34.8 Å². The van der Waals surface area contributed by atoms with Crippen LogP contribution in [0.5, 0.6) is 0 Å². The van der Waals surface area contributed by atoms with E-state index in [9.17, 15) is 40.5 Å². The lowest BCUT2D eigenvalue weighted by Gasteiger charge is -2.46. The number of aliphatic hydroxyl groups excluding tert-OH is 6. The molecule has 272 valence electrons. The van der Waals surface area contributed by atoms with Gasteiger partial charge in [-0.25, -0.2) is 0 Å². The Morgan fingerprint density at radius 1 is 0.644 bits per heavy atom.